The summed E-state index contributed by atoms with van der Waals surface area (Å²) in [5, 5.41) is 0. The van der Waals surface area contributed by atoms with Crippen molar-refractivity contribution in [2.45, 2.75) is 30.7 Å². The predicted molar refractivity (Wildman–Crippen MR) is 64.5 cm³/mol. The first-order valence-electron chi connectivity index (χ1n) is 5.46. The summed E-state index contributed by atoms with van der Waals surface area (Å²) in [7, 11) is -3.55. The Morgan fingerprint density at radius 3 is 2.47 bits per heavy atom. The minimum Gasteiger partial charge on any atom is -0.328 e. The summed E-state index contributed by atoms with van der Waals surface area (Å²) < 4.78 is 38.6. The van der Waals surface area contributed by atoms with E-state index in [0.717, 1.165) is 18.6 Å². The maximum atomic E-state index is 12.6. The van der Waals surface area contributed by atoms with E-state index >= 15 is 0 Å². The molecule has 0 aromatic heterocycles. The predicted octanol–water partition coefficient (Wildman–Crippen LogP) is 1.23. The molecular weight excluding hydrogens is 243 g/mol. The molecule has 0 radical (unpaired) electrons. The van der Waals surface area contributed by atoms with Gasteiger partial charge in [-0.25, -0.2) is 17.5 Å². The quantitative estimate of drug-likeness (QED) is 0.808. The molecule has 0 saturated heterocycles. The van der Waals surface area contributed by atoms with Crippen molar-refractivity contribution in [2.24, 2.45) is 5.73 Å². The van der Waals surface area contributed by atoms with Crippen LogP contribution in [0.25, 0.3) is 0 Å². The molecule has 0 spiro atoms. The van der Waals surface area contributed by atoms with Crippen LogP contribution in [0.5, 0.6) is 0 Å². The number of hydrogen-bond donors (Lipinski definition) is 2. The molecule has 0 amide bonds. The highest BCUT2D eigenvalue weighted by atomic mass is 32.2. The zero-order valence-corrected chi connectivity index (χ0v) is 10.5. The average molecular weight is 260 g/mol. The van der Waals surface area contributed by atoms with Crippen LogP contribution in [0.15, 0.2) is 29.2 Å². The molecule has 1 aromatic rings. The first-order chi connectivity index (χ1) is 7.95. The summed E-state index contributed by atoms with van der Waals surface area (Å²) in [6, 6.07) is 4.69. The zero-order chi connectivity index (χ0) is 12.9. The Bertz CT molecular complexity index is 445. The van der Waals surface area contributed by atoms with E-state index in [4.69, 9.17) is 5.73 Å². The topological polar surface area (TPSA) is 72.2 Å². The second-order valence-corrected chi connectivity index (χ2v) is 5.58. The number of halogens is 1. The molecule has 1 atom stereocenters. The first-order valence-corrected chi connectivity index (χ1v) is 6.95. The maximum absolute atomic E-state index is 12.6. The van der Waals surface area contributed by atoms with Gasteiger partial charge < -0.3 is 5.73 Å². The van der Waals surface area contributed by atoms with Crippen LogP contribution < -0.4 is 10.5 Å². The first kappa shape index (κ1) is 14.1. The van der Waals surface area contributed by atoms with Crippen molar-refractivity contribution in [3.8, 4) is 0 Å². The Morgan fingerprint density at radius 2 is 1.94 bits per heavy atom. The molecule has 1 rings (SSSR count). The Morgan fingerprint density at radius 1 is 1.35 bits per heavy atom. The van der Waals surface area contributed by atoms with Crippen LogP contribution in [0.2, 0.25) is 0 Å². The minimum absolute atomic E-state index is 0.00841. The lowest BCUT2D eigenvalue weighted by Crippen LogP contribution is -2.30. The lowest BCUT2D eigenvalue weighted by atomic mass is 10.2. The molecule has 3 N–H and O–H groups in total. The molecule has 0 heterocycles. The second kappa shape index (κ2) is 6.09. The maximum Gasteiger partial charge on any atom is 0.240 e. The van der Waals surface area contributed by atoms with Crippen LogP contribution >= 0.6 is 0 Å². The molecule has 17 heavy (non-hydrogen) atoms. The highest BCUT2D eigenvalue weighted by Gasteiger charge is 2.13. The van der Waals surface area contributed by atoms with Gasteiger partial charge in [0.05, 0.1) is 4.90 Å². The van der Waals surface area contributed by atoms with Gasteiger partial charge in [0.25, 0.3) is 0 Å². The fourth-order valence-electron chi connectivity index (χ4n) is 1.28. The van der Waals surface area contributed by atoms with Gasteiger partial charge in [0.1, 0.15) is 5.82 Å². The summed E-state index contributed by atoms with van der Waals surface area (Å²) in [4.78, 5) is 0.0592. The highest BCUT2D eigenvalue weighted by molar-refractivity contribution is 7.89. The van der Waals surface area contributed by atoms with Gasteiger partial charge in [-0.3, -0.25) is 0 Å². The molecule has 0 fully saturated rings. The summed E-state index contributed by atoms with van der Waals surface area (Å²) in [6.45, 7) is 2.23. The number of sulfonamides is 1. The summed E-state index contributed by atoms with van der Waals surface area (Å²) in [5.41, 5.74) is 5.68. The smallest absolute Gasteiger partial charge is 0.240 e. The third-order valence-corrected chi connectivity index (χ3v) is 3.93. The van der Waals surface area contributed by atoms with E-state index in [1.807, 2.05) is 6.92 Å². The van der Waals surface area contributed by atoms with Gasteiger partial charge in [0.15, 0.2) is 0 Å². The average Bonchev–Trinajstić information content (AvgIpc) is 2.29. The zero-order valence-electron chi connectivity index (χ0n) is 9.69. The van der Waals surface area contributed by atoms with Crippen LogP contribution in [-0.4, -0.2) is 21.0 Å². The molecule has 0 aliphatic carbocycles. The normalized spacial score (nSPS) is 13.6. The molecule has 4 nitrogen and oxygen atoms in total. The fraction of sp³-hybridized carbons (Fsp3) is 0.455. The molecule has 1 aromatic carbocycles. The van der Waals surface area contributed by atoms with Crippen molar-refractivity contribution in [1.82, 2.24) is 4.72 Å². The van der Waals surface area contributed by atoms with E-state index in [-0.39, 0.29) is 17.5 Å². The van der Waals surface area contributed by atoms with Crippen molar-refractivity contribution in [1.29, 1.82) is 0 Å². The number of rotatable bonds is 6. The van der Waals surface area contributed by atoms with E-state index in [1.54, 1.807) is 0 Å². The van der Waals surface area contributed by atoms with Gasteiger partial charge in [-0.05, 0) is 37.1 Å². The number of nitrogens with one attached hydrogen (secondary N) is 1. The summed E-state index contributed by atoms with van der Waals surface area (Å²) >= 11 is 0. The lowest BCUT2D eigenvalue weighted by Gasteiger charge is -2.10. The lowest BCUT2D eigenvalue weighted by molar-refractivity contribution is 0.557. The fourth-order valence-corrected chi connectivity index (χ4v) is 2.33. The van der Waals surface area contributed by atoms with Gasteiger partial charge in [0.2, 0.25) is 10.0 Å². The SMILES string of the molecule is CCC(N)CCNS(=O)(=O)c1ccc(F)cc1. The Kier molecular flexibility index (Phi) is 5.04. The molecule has 6 heteroatoms. The van der Waals surface area contributed by atoms with Crippen molar-refractivity contribution >= 4 is 10.0 Å². The van der Waals surface area contributed by atoms with Crippen molar-refractivity contribution in [3.63, 3.8) is 0 Å². The van der Waals surface area contributed by atoms with Crippen molar-refractivity contribution < 1.29 is 12.8 Å². The Hall–Kier alpha value is -0.980. The van der Waals surface area contributed by atoms with Crippen molar-refractivity contribution in [3.05, 3.63) is 30.1 Å². The third kappa shape index (κ3) is 4.41. The van der Waals surface area contributed by atoms with E-state index < -0.39 is 15.8 Å². The minimum atomic E-state index is -3.55. The third-order valence-electron chi connectivity index (χ3n) is 2.46. The van der Waals surface area contributed by atoms with Crippen LogP contribution in [-0.2, 0) is 10.0 Å². The Balaban J connectivity index is 2.60. The molecule has 0 bridgehead atoms. The molecule has 0 aliphatic heterocycles. The van der Waals surface area contributed by atoms with E-state index in [0.29, 0.717) is 6.42 Å². The number of hydrogen-bond acceptors (Lipinski definition) is 3. The second-order valence-electron chi connectivity index (χ2n) is 3.81. The summed E-state index contributed by atoms with van der Waals surface area (Å²) in [5.74, 6) is -0.461. The standard InChI is InChI=1S/C11H17FN2O2S/c1-2-10(13)7-8-14-17(15,16)11-5-3-9(12)4-6-11/h3-6,10,14H,2,7-8,13H2,1H3. The van der Waals surface area contributed by atoms with E-state index in [2.05, 4.69) is 4.72 Å². The van der Waals surface area contributed by atoms with E-state index in [9.17, 15) is 12.8 Å². The summed E-state index contributed by atoms with van der Waals surface area (Å²) in [6.07, 6.45) is 1.38. The molecule has 1 unspecified atom stereocenters. The van der Waals surface area contributed by atoms with Crippen molar-refractivity contribution in [2.75, 3.05) is 6.54 Å². The molecule has 0 aliphatic rings. The van der Waals surface area contributed by atoms with Crippen LogP contribution in [0, 0.1) is 5.82 Å². The van der Waals surface area contributed by atoms with Crippen LogP contribution in [0.1, 0.15) is 19.8 Å². The Labute approximate surface area is 101 Å². The molecular formula is C11H17FN2O2S. The number of benzene rings is 1. The number of nitrogens with two attached hydrogens (primary N) is 1. The van der Waals surface area contributed by atoms with Gasteiger partial charge >= 0.3 is 0 Å². The highest BCUT2D eigenvalue weighted by Crippen LogP contribution is 2.09. The van der Waals surface area contributed by atoms with E-state index in [1.165, 1.54) is 12.1 Å². The van der Waals surface area contributed by atoms with Gasteiger partial charge in [0, 0.05) is 12.6 Å². The monoisotopic (exact) mass is 260 g/mol. The molecule has 96 valence electrons. The van der Waals surface area contributed by atoms with Gasteiger partial charge in [-0.2, -0.15) is 0 Å². The molecule has 0 saturated carbocycles. The largest absolute Gasteiger partial charge is 0.328 e. The van der Waals surface area contributed by atoms with Crippen LogP contribution in [0.4, 0.5) is 4.39 Å². The van der Waals surface area contributed by atoms with Crippen LogP contribution in [0.3, 0.4) is 0 Å². The van der Waals surface area contributed by atoms with Gasteiger partial charge in [-0.15, -0.1) is 0 Å². The van der Waals surface area contributed by atoms with Gasteiger partial charge in [-0.1, -0.05) is 6.92 Å².